The van der Waals surface area contributed by atoms with Gasteiger partial charge in [-0.1, -0.05) is 18.2 Å². The van der Waals surface area contributed by atoms with Crippen LogP contribution in [0.15, 0.2) is 30.3 Å². The minimum atomic E-state index is -2.91. The number of alkyl halides is 2. The maximum Gasteiger partial charge on any atom is 0.270 e. The van der Waals surface area contributed by atoms with Gasteiger partial charge in [0.25, 0.3) is 5.92 Å². The van der Waals surface area contributed by atoms with E-state index in [1.807, 2.05) is 32.0 Å². The fraction of sp³-hybridized carbons (Fsp3) is 0.517. The van der Waals surface area contributed by atoms with E-state index in [0.717, 1.165) is 29.8 Å². The van der Waals surface area contributed by atoms with Gasteiger partial charge in [-0.2, -0.15) is 0 Å². The molecule has 1 aliphatic carbocycles. The molecule has 0 unspecified atom stereocenters. The van der Waals surface area contributed by atoms with E-state index in [0.29, 0.717) is 46.9 Å². The number of nitrogens with zero attached hydrogens (tertiary/aromatic N) is 3. The fourth-order valence-electron chi connectivity index (χ4n) is 5.84. The Morgan fingerprint density at radius 3 is 2.57 bits per heavy atom. The van der Waals surface area contributed by atoms with Crippen molar-refractivity contribution in [1.82, 2.24) is 14.9 Å². The topological polar surface area (TPSA) is 59.5 Å². The standard InChI is InChI=1S/C29H36F2N4O2/c1-17-21(8-7-9-23(17)28(4,30)31)18(2)32-27-22-14-26(25(36-6)15-24(22)33-19(3)34-27)37-16-20-10-11-29(12-13-29)35(20)5/h7-9,14-15,18,20H,10-13,16H2,1-6H3,(H,32,33,34)/t18-,20+/m1/s1. The molecule has 37 heavy (non-hydrogen) atoms. The van der Waals surface area contributed by atoms with Gasteiger partial charge in [-0.3, -0.25) is 4.90 Å². The molecule has 2 fully saturated rings. The molecule has 2 atom stereocenters. The van der Waals surface area contributed by atoms with Crippen molar-refractivity contribution >= 4 is 16.7 Å². The zero-order chi connectivity index (χ0) is 26.5. The molecule has 2 aliphatic rings. The molecule has 1 saturated heterocycles. The first-order valence-electron chi connectivity index (χ1n) is 13.0. The van der Waals surface area contributed by atoms with Gasteiger partial charge in [0.1, 0.15) is 18.2 Å². The molecule has 8 heteroatoms. The maximum atomic E-state index is 14.1. The summed E-state index contributed by atoms with van der Waals surface area (Å²) in [5.74, 6) is -0.406. The number of nitrogens with one attached hydrogen (secondary N) is 1. The average Bonchev–Trinajstić information content (AvgIpc) is 3.57. The highest BCUT2D eigenvalue weighted by Gasteiger charge is 2.52. The number of likely N-dealkylation sites (N-methyl/N-ethyl adjacent to an activating group) is 1. The lowest BCUT2D eigenvalue weighted by molar-refractivity contribution is 0.0167. The van der Waals surface area contributed by atoms with E-state index in [-0.39, 0.29) is 11.6 Å². The third-order valence-corrected chi connectivity index (χ3v) is 8.26. The van der Waals surface area contributed by atoms with Crippen LogP contribution < -0.4 is 14.8 Å². The molecule has 1 N–H and O–H groups in total. The van der Waals surface area contributed by atoms with E-state index in [2.05, 4.69) is 27.2 Å². The third kappa shape index (κ3) is 4.83. The van der Waals surface area contributed by atoms with Crippen LogP contribution in [0.2, 0.25) is 0 Å². The summed E-state index contributed by atoms with van der Waals surface area (Å²) < 4.78 is 40.3. The molecule has 1 saturated carbocycles. The van der Waals surface area contributed by atoms with Crippen molar-refractivity contribution in [1.29, 1.82) is 0 Å². The zero-order valence-corrected chi connectivity index (χ0v) is 22.5. The summed E-state index contributed by atoms with van der Waals surface area (Å²) in [7, 11) is 3.83. The number of aromatic nitrogens is 2. The van der Waals surface area contributed by atoms with Crippen LogP contribution in [0.3, 0.4) is 0 Å². The molecular formula is C29H36F2N4O2. The number of halogens is 2. The highest BCUT2D eigenvalue weighted by molar-refractivity contribution is 5.92. The number of anilines is 1. The number of methoxy groups -OCH3 is 1. The molecule has 5 rings (SSSR count). The predicted molar refractivity (Wildman–Crippen MR) is 142 cm³/mol. The molecule has 6 nitrogen and oxygen atoms in total. The van der Waals surface area contributed by atoms with Crippen molar-refractivity contribution in [3.8, 4) is 11.5 Å². The lowest BCUT2D eigenvalue weighted by Gasteiger charge is -2.26. The number of rotatable bonds is 8. The van der Waals surface area contributed by atoms with Crippen LogP contribution in [0, 0.1) is 13.8 Å². The molecule has 3 aromatic rings. The van der Waals surface area contributed by atoms with Crippen molar-refractivity contribution in [2.45, 2.75) is 76.9 Å². The number of hydrogen-bond acceptors (Lipinski definition) is 6. The molecule has 1 aromatic heterocycles. The maximum absolute atomic E-state index is 14.1. The monoisotopic (exact) mass is 510 g/mol. The van der Waals surface area contributed by atoms with E-state index in [1.165, 1.54) is 25.3 Å². The lowest BCUT2D eigenvalue weighted by Crippen LogP contribution is -2.37. The van der Waals surface area contributed by atoms with Crippen molar-refractivity contribution in [2.24, 2.45) is 0 Å². The minimum Gasteiger partial charge on any atom is -0.493 e. The van der Waals surface area contributed by atoms with Crippen LogP contribution in [0.1, 0.15) is 68.1 Å². The van der Waals surface area contributed by atoms with E-state index < -0.39 is 5.92 Å². The third-order valence-electron chi connectivity index (χ3n) is 8.26. The summed E-state index contributed by atoms with van der Waals surface area (Å²) in [4.78, 5) is 11.8. The van der Waals surface area contributed by atoms with E-state index in [1.54, 1.807) is 20.1 Å². The first kappa shape index (κ1) is 25.6. The number of aryl methyl sites for hydroxylation is 1. The summed E-state index contributed by atoms with van der Waals surface area (Å²) in [5.41, 5.74) is 2.54. The highest BCUT2D eigenvalue weighted by Crippen LogP contribution is 2.51. The molecule has 2 heterocycles. The summed E-state index contributed by atoms with van der Waals surface area (Å²) in [6, 6.07) is 8.96. The van der Waals surface area contributed by atoms with Crippen LogP contribution >= 0.6 is 0 Å². The van der Waals surface area contributed by atoms with Gasteiger partial charge in [-0.15, -0.1) is 0 Å². The largest absolute Gasteiger partial charge is 0.493 e. The highest BCUT2D eigenvalue weighted by atomic mass is 19.3. The average molecular weight is 511 g/mol. The van der Waals surface area contributed by atoms with Gasteiger partial charge in [-0.05, 0) is 70.7 Å². The molecular weight excluding hydrogens is 474 g/mol. The van der Waals surface area contributed by atoms with Crippen LogP contribution in [-0.4, -0.2) is 47.2 Å². The first-order valence-corrected chi connectivity index (χ1v) is 13.0. The van der Waals surface area contributed by atoms with Crippen molar-refractivity contribution in [3.63, 3.8) is 0 Å². The number of hydrogen-bond donors (Lipinski definition) is 1. The van der Waals surface area contributed by atoms with Gasteiger partial charge < -0.3 is 14.8 Å². The lowest BCUT2D eigenvalue weighted by atomic mass is 9.94. The van der Waals surface area contributed by atoms with E-state index in [4.69, 9.17) is 9.47 Å². The predicted octanol–water partition coefficient (Wildman–Crippen LogP) is 6.55. The van der Waals surface area contributed by atoms with Crippen molar-refractivity contribution in [3.05, 3.63) is 52.8 Å². The second-order valence-electron chi connectivity index (χ2n) is 10.8. The summed E-state index contributed by atoms with van der Waals surface area (Å²) in [6.45, 7) is 7.05. The summed E-state index contributed by atoms with van der Waals surface area (Å²) in [5, 5.41) is 4.24. The normalized spacial score (nSPS) is 19.8. The van der Waals surface area contributed by atoms with Crippen LogP contribution in [0.25, 0.3) is 10.9 Å². The quantitative estimate of drug-likeness (QED) is 0.371. The summed E-state index contributed by atoms with van der Waals surface area (Å²) >= 11 is 0. The molecule has 198 valence electrons. The Balaban J connectivity index is 1.44. The van der Waals surface area contributed by atoms with Gasteiger partial charge in [0, 0.05) is 35.5 Å². The van der Waals surface area contributed by atoms with Crippen LogP contribution in [0.5, 0.6) is 11.5 Å². The molecule has 1 aliphatic heterocycles. The van der Waals surface area contributed by atoms with E-state index >= 15 is 0 Å². The van der Waals surface area contributed by atoms with Gasteiger partial charge in [-0.25, -0.2) is 18.7 Å². The van der Waals surface area contributed by atoms with Crippen molar-refractivity contribution < 1.29 is 18.3 Å². The second kappa shape index (κ2) is 9.39. The minimum absolute atomic E-state index is 0.0349. The fourth-order valence-corrected chi connectivity index (χ4v) is 5.84. The van der Waals surface area contributed by atoms with Gasteiger partial charge in [0.05, 0.1) is 18.7 Å². The number of fused-ring (bicyclic) bond motifs is 1. The van der Waals surface area contributed by atoms with Crippen molar-refractivity contribution in [2.75, 3.05) is 26.1 Å². The SMILES string of the molecule is COc1cc2nc(C)nc(N[C@H](C)c3cccc(C(C)(F)F)c3C)c2cc1OC[C@@H]1CCC2(CC2)N1C. The van der Waals surface area contributed by atoms with Crippen LogP contribution in [0.4, 0.5) is 14.6 Å². The smallest absolute Gasteiger partial charge is 0.270 e. The Kier molecular flexibility index (Phi) is 6.51. The molecule has 2 aromatic carbocycles. The number of ether oxygens (including phenoxy) is 2. The first-order chi connectivity index (χ1) is 17.5. The Bertz CT molecular complexity index is 1320. The number of likely N-dealkylation sites (tertiary alicyclic amines) is 1. The van der Waals surface area contributed by atoms with Gasteiger partial charge in [0.2, 0.25) is 0 Å². The molecule has 0 radical (unpaired) electrons. The number of benzene rings is 2. The molecule has 0 amide bonds. The molecule has 1 spiro atoms. The second-order valence-corrected chi connectivity index (χ2v) is 10.8. The Labute approximate surface area is 217 Å². The van der Waals surface area contributed by atoms with Gasteiger partial charge in [0.15, 0.2) is 11.5 Å². The summed E-state index contributed by atoms with van der Waals surface area (Å²) in [6.07, 6.45) is 4.92. The molecule has 0 bridgehead atoms. The zero-order valence-electron chi connectivity index (χ0n) is 22.5. The van der Waals surface area contributed by atoms with E-state index in [9.17, 15) is 8.78 Å². The van der Waals surface area contributed by atoms with Gasteiger partial charge >= 0.3 is 0 Å². The Morgan fingerprint density at radius 1 is 1.16 bits per heavy atom. The Morgan fingerprint density at radius 2 is 1.92 bits per heavy atom. The Hall–Kier alpha value is -3.00. The van der Waals surface area contributed by atoms with Crippen LogP contribution in [-0.2, 0) is 5.92 Å².